The van der Waals surface area contributed by atoms with E-state index in [0.29, 0.717) is 19.6 Å². The van der Waals surface area contributed by atoms with Crippen molar-refractivity contribution in [3.05, 3.63) is 0 Å². The lowest BCUT2D eigenvalue weighted by molar-refractivity contribution is -0.152. The summed E-state index contributed by atoms with van der Waals surface area (Å²) in [6, 6.07) is 0. The SMILES string of the molecule is COC(C)(C)C(=O)N1CCN(CCO)CC1. The Kier molecular flexibility index (Phi) is 4.70. The van der Waals surface area contributed by atoms with Gasteiger partial charge in [0.1, 0.15) is 5.60 Å². The van der Waals surface area contributed by atoms with Crippen molar-refractivity contribution in [1.29, 1.82) is 0 Å². The third kappa shape index (κ3) is 3.17. The highest BCUT2D eigenvalue weighted by Crippen LogP contribution is 2.14. The third-order valence-electron chi connectivity index (χ3n) is 3.10. The topological polar surface area (TPSA) is 53.0 Å². The number of β-amino-alcohol motifs (C(OH)–C–C–N with tert-alkyl or cyclic N) is 1. The molecule has 0 unspecified atom stereocenters. The van der Waals surface area contributed by atoms with Crippen LogP contribution in [0.5, 0.6) is 0 Å². The molecule has 1 aliphatic heterocycles. The molecule has 1 aliphatic rings. The van der Waals surface area contributed by atoms with Crippen LogP contribution >= 0.6 is 0 Å². The molecule has 0 aromatic heterocycles. The van der Waals surface area contributed by atoms with Crippen LogP contribution in [-0.2, 0) is 9.53 Å². The summed E-state index contributed by atoms with van der Waals surface area (Å²) in [5.41, 5.74) is -0.737. The molecular weight excluding hydrogens is 208 g/mol. The van der Waals surface area contributed by atoms with Crippen LogP contribution in [0.4, 0.5) is 0 Å². The fourth-order valence-electron chi connectivity index (χ4n) is 1.78. The minimum absolute atomic E-state index is 0.0404. The first-order valence-corrected chi connectivity index (χ1v) is 5.69. The average molecular weight is 230 g/mol. The van der Waals surface area contributed by atoms with E-state index in [2.05, 4.69) is 4.90 Å². The molecule has 1 saturated heterocycles. The number of amides is 1. The summed E-state index contributed by atoms with van der Waals surface area (Å²) < 4.78 is 5.18. The molecule has 16 heavy (non-hydrogen) atoms. The van der Waals surface area contributed by atoms with Gasteiger partial charge in [-0.05, 0) is 13.8 Å². The van der Waals surface area contributed by atoms with Crippen LogP contribution in [0.3, 0.4) is 0 Å². The second-order valence-electron chi connectivity index (χ2n) is 4.57. The van der Waals surface area contributed by atoms with Crippen LogP contribution in [0.15, 0.2) is 0 Å². The molecule has 0 bridgehead atoms. The number of methoxy groups -OCH3 is 1. The van der Waals surface area contributed by atoms with E-state index in [4.69, 9.17) is 9.84 Å². The van der Waals surface area contributed by atoms with E-state index in [-0.39, 0.29) is 12.5 Å². The van der Waals surface area contributed by atoms with Crippen molar-refractivity contribution in [2.75, 3.05) is 46.4 Å². The molecule has 0 aromatic carbocycles. The van der Waals surface area contributed by atoms with Crippen molar-refractivity contribution in [2.45, 2.75) is 19.4 Å². The first-order chi connectivity index (χ1) is 7.51. The Balaban J connectivity index is 2.45. The standard InChI is InChI=1S/C11H22N2O3/c1-11(2,16-3)10(15)13-6-4-12(5-7-13)8-9-14/h14H,4-9H2,1-3H3. The zero-order chi connectivity index (χ0) is 12.2. The molecule has 0 radical (unpaired) electrons. The largest absolute Gasteiger partial charge is 0.395 e. The predicted molar refractivity (Wildman–Crippen MR) is 61.2 cm³/mol. The van der Waals surface area contributed by atoms with Crippen LogP contribution in [0.2, 0.25) is 0 Å². The Morgan fingerprint density at radius 1 is 1.31 bits per heavy atom. The summed E-state index contributed by atoms with van der Waals surface area (Å²) in [6.07, 6.45) is 0. The maximum absolute atomic E-state index is 12.0. The van der Waals surface area contributed by atoms with Gasteiger partial charge in [-0.2, -0.15) is 0 Å². The first kappa shape index (κ1) is 13.4. The average Bonchev–Trinajstić information content (AvgIpc) is 2.29. The van der Waals surface area contributed by atoms with Crippen LogP contribution in [0.25, 0.3) is 0 Å². The van der Waals surface area contributed by atoms with E-state index < -0.39 is 5.60 Å². The lowest BCUT2D eigenvalue weighted by Gasteiger charge is -2.37. The van der Waals surface area contributed by atoms with Gasteiger partial charge in [0.15, 0.2) is 0 Å². The number of aliphatic hydroxyl groups is 1. The smallest absolute Gasteiger partial charge is 0.254 e. The van der Waals surface area contributed by atoms with Gasteiger partial charge in [-0.25, -0.2) is 0 Å². The minimum atomic E-state index is -0.737. The molecule has 0 atom stereocenters. The van der Waals surface area contributed by atoms with E-state index >= 15 is 0 Å². The van der Waals surface area contributed by atoms with Gasteiger partial charge in [0.25, 0.3) is 5.91 Å². The molecule has 94 valence electrons. The maximum Gasteiger partial charge on any atom is 0.254 e. The molecular formula is C11H22N2O3. The Bertz CT molecular complexity index is 235. The highest BCUT2D eigenvalue weighted by molar-refractivity contribution is 5.84. The Hall–Kier alpha value is -0.650. The van der Waals surface area contributed by atoms with Gasteiger partial charge in [-0.1, -0.05) is 0 Å². The number of ether oxygens (including phenoxy) is 1. The van der Waals surface area contributed by atoms with Crippen molar-refractivity contribution in [3.8, 4) is 0 Å². The second kappa shape index (κ2) is 5.61. The number of piperazine rings is 1. The Morgan fingerprint density at radius 2 is 1.88 bits per heavy atom. The van der Waals surface area contributed by atoms with Gasteiger partial charge in [0.05, 0.1) is 6.61 Å². The van der Waals surface area contributed by atoms with Crippen LogP contribution in [-0.4, -0.2) is 72.9 Å². The predicted octanol–water partition coefficient (Wildman–Crippen LogP) is -0.452. The number of carbonyl (C=O) groups is 1. The quantitative estimate of drug-likeness (QED) is 0.710. The summed E-state index contributed by atoms with van der Waals surface area (Å²) in [4.78, 5) is 16.0. The summed E-state index contributed by atoms with van der Waals surface area (Å²) >= 11 is 0. The van der Waals surface area contributed by atoms with Crippen LogP contribution in [0.1, 0.15) is 13.8 Å². The molecule has 5 nitrogen and oxygen atoms in total. The zero-order valence-electron chi connectivity index (χ0n) is 10.4. The van der Waals surface area contributed by atoms with Gasteiger partial charge in [0, 0.05) is 39.8 Å². The Labute approximate surface area is 97.0 Å². The summed E-state index contributed by atoms with van der Waals surface area (Å²) in [5, 5.41) is 8.82. The fourth-order valence-corrected chi connectivity index (χ4v) is 1.78. The van der Waals surface area contributed by atoms with Crippen molar-refractivity contribution in [1.82, 2.24) is 9.80 Å². The number of hydrogen-bond donors (Lipinski definition) is 1. The van der Waals surface area contributed by atoms with Gasteiger partial charge in [-0.15, -0.1) is 0 Å². The summed E-state index contributed by atoms with van der Waals surface area (Å²) in [7, 11) is 1.56. The van der Waals surface area contributed by atoms with Crippen LogP contribution in [0, 0.1) is 0 Å². The number of carbonyl (C=O) groups excluding carboxylic acids is 1. The van der Waals surface area contributed by atoms with E-state index in [1.54, 1.807) is 21.0 Å². The molecule has 0 saturated carbocycles. The molecule has 1 amide bonds. The molecule has 5 heteroatoms. The van der Waals surface area contributed by atoms with E-state index in [1.165, 1.54) is 0 Å². The molecule has 1 N–H and O–H groups in total. The third-order valence-corrected chi connectivity index (χ3v) is 3.10. The normalized spacial score (nSPS) is 18.9. The second-order valence-corrected chi connectivity index (χ2v) is 4.57. The number of hydrogen-bond acceptors (Lipinski definition) is 4. The van der Waals surface area contributed by atoms with Crippen molar-refractivity contribution in [3.63, 3.8) is 0 Å². The van der Waals surface area contributed by atoms with Gasteiger partial charge < -0.3 is 14.7 Å². The van der Waals surface area contributed by atoms with E-state index in [9.17, 15) is 4.79 Å². The van der Waals surface area contributed by atoms with Crippen molar-refractivity contribution in [2.24, 2.45) is 0 Å². The lowest BCUT2D eigenvalue weighted by Crippen LogP contribution is -2.54. The Morgan fingerprint density at radius 3 is 2.31 bits per heavy atom. The molecule has 1 rings (SSSR count). The molecule has 0 spiro atoms. The lowest BCUT2D eigenvalue weighted by atomic mass is 10.1. The van der Waals surface area contributed by atoms with E-state index in [1.807, 2.05) is 4.90 Å². The van der Waals surface area contributed by atoms with Crippen LogP contribution < -0.4 is 0 Å². The summed E-state index contributed by atoms with van der Waals surface area (Å²) in [6.45, 7) is 7.52. The summed E-state index contributed by atoms with van der Waals surface area (Å²) in [5.74, 6) is 0.0404. The van der Waals surface area contributed by atoms with Crippen molar-refractivity contribution >= 4 is 5.91 Å². The number of nitrogens with zero attached hydrogens (tertiary/aromatic N) is 2. The zero-order valence-corrected chi connectivity index (χ0v) is 10.4. The number of aliphatic hydroxyl groups excluding tert-OH is 1. The minimum Gasteiger partial charge on any atom is -0.395 e. The monoisotopic (exact) mass is 230 g/mol. The maximum atomic E-state index is 12.0. The fraction of sp³-hybridized carbons (Fsp3) is 0.909. The highest BCUT2D eigenvalue weighted by Gasteiger charge is 2.33. The van der Waals surface area contributed by atoms with E-state index in [0.717, 1.165) is 13.1 Å². The van der Waals surface area contributed by atoms with Gasteiger partial charge in [-0.3, -0.25) is 9.69 Å². The highest BCUT2D eigenvalue weighted by atomic mass is 16.5. The molecule has 1 heterocycles. The van der Waals surface area contributed by atoms with Gasteiger partial charge in [0.2, 0.25) is 0 Å². The molecule has 1 fully saturated rings. The molecule has 0 aromatic rings. The number of rotatable bonds is 4. The van der Waals surface area contributed by atoms with Gasteiger partial charge >= 0.3 is 0 Å². The molecule has 0 aliphatic carbocycles. The first-order valence-electron chi connectivity index (χ1n) is 5.69. The van der Waals surface area contributed by atoms with Crippen molar-refractivity contribution < 1.29 is 14.6 Å².